The number of nitrogens with zero attached hydrogens (tertiary/aromatic N) is 2. The minimum Gasteiger partial charge on any atom is -0.493 e. The second kappa shape index (κ2) is 8.41. The Labute approximate surface area is 159 Å². The highest BCUT2D eigenvalue weighted by Crippen LogP contribution is 2.17. The molecule has 0 aliphatic carbocycles. The van der Waals surface area contributed by atoms with Crippen LogP contribution in [0.3, 0.4) is 0 Å². The van der Waals surface area contributed by atoms with Crippen LogP contribution in [0.25, 0.3) is 0 Å². The van der Waals surface area contributed by atoms with E-state index in [-0.39, 0.29) is 17.7 Å². The molecule has 0 aromatic heterocycles. The Balaban J connectivity index is 1.51. The number of benzene rings is 1. The van der Waals surface area contributed by atoms with Gasteiger partial charge in [0.15, 0.2) is 0 Å². The number of ether oxygens (including phenoxy) is 1. The van der Waals surface area contributed by atoms with E-state index in [1.54, 1.807) is 21.9 Å². The van der Waals surface area contributed by atoms with Gasteiger partial charge in [-0.2, -0.15) is 0 Å². The summed E-state index contributed by atoms with van der Waals surface area (Å²) < 4.78 is 5.65. The van der Waals surface area contributed by atoms with Gasteiger partial charge in [0, 0.05) is 38.2 Å². The molecule has 0 radical (unpaired) electrons. The zero-order valence-corrected chi connectivity index (χ0v) is 15.9. The minimum absolute atomic E-state index is 0.0355. The molecule has 2 heterocycles. The fourth-order valence-corrected chi connectivity index (χ4v) is 3.29. The molecule has 0 saturated carbocycles. The zero-order valence-electron chi connectivity index (χ0n) is 15.9. The predicted molar refractivity (Wildman–Crippen MR) is 100 cm³/mol. The first-order valence-corrected chi connectivity index (χ1v) is 9.54. The Hall–Kier alpha value is -2.57. The van der Waals surface area contributed by atoms with Crippen molar-refractivity contribution in [1.29, 1.82) is 0 Å². The molecule has 27 heavy (non-hydrogen) atoms. The van der Waals surface area contributed by atoms with Gasteiger partial charge < -0.3 is 19.9 Å². The number of piperazine rings is 1. The molecule has 0 bridgehead atoms. The van der Waals surface area contributed by atoms with Crippen molar-refractivity contribution in [3.63, 3.8) is 0 Å². The molecule has 7 heteroatoms. The third kappa shape index (κ3) is 4.78. The van der Waals surface area contributed by atoms with E-state index in [4.69, 9.17) is 4.74 Å². The molecule has 2 aliphatic rings. The van der Waals surface area contributed by atoms with Crippen LogP contribution in [-0.2, 0) is 9.59 Å². The van der Waals surface area contributed by atoms with Gasteiger partial charge in [-0.05, 0) is 36.6 Å². The summed E-state index contributed by atoms with van der Waals surface area (Å²) in [6.45, 7) is 6.79. The molecule has 146 valence electrons. The van der Waals surface area contributed by atoms with Gasteiger partial charge in [0.2, 0.25) is 11.8 Å². The van der Waals surface area contributed by atoms with Gasteiger partial charge in [-0.15, -0.1) is 0 Å². The first-order valence-electron chi connectivity index (χ1n) is 9.54. The second-order valence-electron chi connectivity index (χ2n) is 7.51. The highest BCUT2D eigenvalue weighted by atomic mass is 16.5. The van der Waals surface area contributed by atoms with Crippen LogP contribution in [0.2, 0.25) is 0 Å². The summed E-state index contributed by atoms with van der Waals surface area (Å²) >= 11 is 0. The molecule has 1 N–H and O–H groups in total. The molecule has 2 saturated heterocycles. The maximum Gasteiger partial charge on any atom is 0.253 e. The molecule has 1 aromatic carbocycles. The van der Waals surface area contributed by atoms with E-state index in [9.17, 15) is 14.4 Å². The maximum atomic E-state index is 12.7. The molecule has 1 unspecified atom stereocenters. The summed E-state index contributed by atoms with van der Waals surface area (Å²) in [4.78, 5) is 39.9. The summed E-state index contributed by atoms with van der Waals surface area (Å²) in [5.41, 5.74) is 0.620. The summed E-state index contributed by atoms with van der Waals surface area (Å²) in [5.74, 6) is 1.06. The standard InChI is InChI=1S/C20H27N3O4/c1-14(2)13-27-16-5-3-15(4-6-16)19(25)22-9-11-23(12-10-22)20(26)17-7-8-18(24)21-17/h3-6,14,17H,7-13H2,1-2H3,(H,21,24). The van der Waals surface area contributed by atoms with Gasteiger partial charge in [-0.25, -0.2) is 0 Å². The highest BCUT2D eigenvalue weighted by Gasteiger charge is 2.33. The smallest absolute Gasteiger partial charge is 0.253 e. The molecular formula is C20H27N3O4. The average Bonchev–Trinajstić information content (AvgIpc) is 3.12. The van der Waals surface area contributed by atoms with Crippen molar-refractivity contribution in [2.75, 3.05) is 32.8 Å². The molecule has 3 rings (SSSR count). The average molecular weight is 373 g/mol. The van der Waals surface area contributed by atoms with E-state index in [1.807, 2.05) is 12.1 Å². The van der Waals surface area contributed by atoms with Crippen LogP contribution in [-0.4, -0.2) is 66.3 Å². The monoisotopic (exact) mass is 373 g/mol. The predicted octanol–water partition coefficient (Wildman–Crippen LogP) is 1.28. The van der Waals surface area contributed by atoms with Gasteiger partial charge in [0.25, 0.3) is 5.91 Å². The normalized spacial score (nSPS) is 20.0. The van der Waals surface area contributed by atoms with Crippen LogP contribution in [0.4, 0.5) is 0 Å². The molecule has 2 aliphatic heterocycles. The fraction of sp³-hybridized carbons (Fsp3) is 0.550. The van der Waals surface area contributed by atoms with E-state index in [2.05, 4.69) is 19.2 Å². The summed E-state index contributed by atoms with van der Waals surface area (Å²) in [5, 5.41) is 2.71. The van der Waals surface area contributed by atoms with Crippen molar-refractivity contribution in [2.45, 2.75) is 32.7 Å². The van der Waals surface area contributed by atoms with Crippen LogP contribution >= 0.6 is 0 Å². The van der Waals surface area contributed by atoms with Gasteiger partial charge in [0.05, 0.1) is 6.61 Å². The van der Waals surface area contributed by atoms with Crippen molar-refractivity contribution in [3.8, 4) is 5.75 Å². The molecule has 0 spiro atoms. The first-order chi connectivity index (χ1) is 12.9. The van der Waals surface area contributed by atoms with Crippen molar-refractivity contribution in [2.24, 2.45) is 5.92 Å². The largest absolute Gasteiger partial charge is 0.493 e. The third-order valence-electron chi connectivity index (χ3n) is 4.86. The van der Waals surface area contributed by atoms with Gasteiger partial charge in [-0.3, -0.25) is 14.4 Å². The summed E-state index contributed by atoms with van der Waals surface area (Å²) in [6, 6.07) is 6.79. The number of carbonyl (C=O) groups is 3. The summed E-state index contributed by atoms with van der Waals surface area (Å²) in [6.07, 6.45) is 0.966. The number of hydrogen-bond acceptors (Lipinski definition) is 4. The minimum atomic E-state index is -0.405. The second-order valence-corrected chi connectivity index (χ2v) is 7.51. The lowest BCUT2D eigenvalue weighted by Crippen LogP contribution is -2.54. The number of rotatable bonds is 5. The van der Waals surface area contributed by atoms with Crippen molar-refractivity contribution in [3.05, 3.63) is 29.8 Å². The SMILES string of the molecule is CC(C)COc1ccc(C(=O)N2CCN(C(=O)C3CCC(=O)N3)CC2)cc1. The van der Waals surface area contributed by atoms with E-state index >= 15 is 0 Å². The Morgan fingerprint density at radius 2 is 1.74 bits per heavy atom. The highest BCUT2D eigenvalue weighted by molar-refractivity contribution is 5.95. The van der Waals surface area contributed by atoms with Gasteiger partial charge in [-0.1, -0.05) is 13.8 Å². The number of hydrogen-bond donors (Lipinski definition) is 1. The maximum absolute atomic E-state index is 12.7. The lowest BCUT2D eigenvalue weighted by atomic mass is 10.1. The van der Waals surface area contributed by atoms with Crippen LogP contribution in [0.15, 0.2) is 24.3 Å². The fourth-order valence-electron chi connectivity index (χ4n) is 3.29. The number of amides is 3. The van der Waals surface area contributed by atoms with Gasteiger partial charge in [0.1, 0.15) is 11.8 Å². The van der Waals surface area contributed by atoms with Crippen LogP contribution < -0.4 is 10.1 Å². The van der Waals surface area contributed by atoms with Crippen LogP contribution in [0, 0.1) is 5.92 Å². The summed E-state index contributed by atoms with van der Waals surface area (Å²) in [7, 11) is 0. The topological polar surface area (TPSA) is 79.0 Å². The lowest BCUT2D eigenvalue weighted by molar-refractivity contribution is -0.135. The molecule has 3 amide bonds. The Bertz CT molecular complexity index is 694. The molecular weight excluding hydrogens is 346 g/mol. The van der Waals surface area contributed by atoms with E-state index in [0.29, 0.717) is 57.1 Å². The third-order valence-corrected chi connectivity index (χ3v) is 4.86. The Kier molecular flexibility index (Phi) is 5.98. The van der Waals surface area contributed by atoms with E-state index < -0.39 is 6.04 Å². The number of carbonyl (C=O) groups excluding carboxylic acids is 3. The van der Waals surface area contributed by atoms with Crippen molar-refractivity contribution < 1.29 is 19.1 Å². The molecule has 1 aromatic rings. The molecule has 1 atom stereocenters. The first kappa shape index (κ1) is 19.2. The Morgan fingerprint density at radius 3 is 2.30 bits per heavy atom. The van der Waals surface area contributed by atoms with E-state index in [0.717, 1.165) is 5.75 Å². The quantitative estimate of drug-likeness (QED) is 0.843. The number of nitrogens with one attached hydrogen (secondary N) is 1. The van der Waals surface area contributed by atoms with Gasteiger partial charge >= 0.3 is 0 Å². The van der Waals surface area contributed by atoms with Crippen LogP contribution in [0.5, 0.6) is 5.75 Å². The molecule has 2 fully saturated rings. The molecule has 7 nitrogen and oxygen atoms in total. The zero-order chi connectivity index (χ0) is 19.4. The lowest BCUT2D eigenvalue weighted by Gasteiger charge is -2.36. The van der Waals surface area contributed by atoms with Crippen molar-refractivity contribution in [1.82, 2.24) is 15.1 Å². The van der Waals surface area contributed by atoms with Crippen molar-refractivity contribution >= 4 is 17.7 Å². The van der Waals surface area contributed by atoms with E-state index in [1.165, 1.54) is 0 Å². The van der Waals surface area contributed by atoms with Crippen LogP contribution in [0.1, 0.15) is 37.0 Å². The Morgan fingerprint density at radius 1 is 1.11 bits per heavy atom.